The van der Waals surface area contributed by atoms with Crippen molar-refractivity contribution in [3.05, 3.63) is 29.5 Å². The van der Waals surface area contributed by atoms with Crippen molar-refractivity contribution in [2.75, 3.05) is 13.3 Å². The van der Waals surface area contributed by atoms with Crippen molar-refractivity contribution in [1.29, 1.82) is 0 Å². The van der Waals surface area contributed by atoms with Gasteiger partial charge in [0.25, 0.3) is 0 Å². The van der Waals surface area contributed by atoms with Crippen molar-refractivity contribution in [2.45, 2.75) is 13.3 Å². The third-order valence-electron chi connectivity index (χ3n) is 3.15. The molecule has 0 aliphatic carbocycles. The van der Waals surface area contributed by atoms with Gasteiger partial charge in [-0.2, -0.15) is 5.10 Å². The molecule has 3 N–H and O–H groups in total. The molecule has 1 aliphatic rings. The third-order valence-corrected chi connectivity index (χ3v) is 3.15. The zero-order valence-electron chi connectivity index (χ0n) is 10.2. The van der Waals surface area contributed by atoms with E-state index in [0.29, 0.717) is 6.54 Å². The Morgan fingerprint density at radius 2 is 2.17 bits per heavy atom. The summed E-state index contributed by atoms with van der Waals surface area (Å²) < 4.78 is 10.7. The van der Waals surface area contributed by atoms with Gasteiger partial charge in [-0.25, -0.2) is 0 Å². The van der Waals surface area contributed by atoms with Crippen LogP contribution < -0.4 is 15.2 Å². The molecule has 5 heteroatoms. The molecule has 0 spiro atoms. The zero-order valence-corrected chi connectivity index (χ0v) is 10.2. The fraction of sp³-hybridized carbons (Fsp3) is 0.308. The standard InChI is InChI=1S/C13H15N3O2/c1-8-10(4-5-14)15-16-13(8)9-2-3-11-12(6-9)18-7-17-11/h2-3,6H,4-5,7,14H2,1H3,(H,15,16). The molecule has 0 amide bonds. The van der Waals surface area contributed by atoms with E-state index >= 15 is 0 Å². The van der Waals surface area contributed by atoms with Gasteiger partial charge in [0.05, 0.1) is 5.69 Å². The van der Waals surface area contributed by atoms with Gasteiger partial charge in [-0.1, -0.05) is 0 Å². The fourth-order valence-electron chi connectivity index (χ4n) is 2.15. The number of ether oxygens (including phenoxy) is 2. The number of benzene rings is 1. The highest BCUT2D eigenvalue weighted by atomic mass is 16.7. The van der Waals surface area contributed by atoms with E-state index in [1.54, 1.807) is 0 Å². The van der Waals surface area contributed by atoms with Gasteiger partial charge in [0.2, 0.25) is 6.79 Å². The molecule has 2 aromatic rings. The maximum atomic E-state index is 5.57. The summed E-state index contributed by atoms with van der Waals surface area (Å²) in [5, 5.41) is 7.39. The van der Waals surface area contributed by atoms with E-state index in [2.05, 4.69) is 17.1 Å². The second-order valence-corrected chi connectivity index (χ2v) is 4.28. The van der Waals surface area contributed by atoms with Gasteiger partial charge >= 0.3 is 0 Å². The van der Waals surface area contributed by atoms with E-state index < -0.39 is 0 Å². The van der Waals surface area contributed by atoms with Crippen LogP contribution in [0.2, 0.25) is 0 Å². The topological polar surface area (TPSA) is 73.2 Å². The van der Waals surface area contributed by atoms with Crippen LogP contribution in [0.4, 0.5) is 0 Å². The quantitative estimate of drug-likeness (QED) is 0.861. The molecule has 0 saturated carbocycles. The first-order chi connectivity index (χ1) is 8.79. The van der Waals surface area contributed by atoms with Crippen LogP contribution >= 0.6 is 0 Å². The molecule has 0 radical (unpaired) electrons. The highest BCUT2D eigenvalue weighted by Crippen LogP contribution is 2.36. The van der Waals surface area contributed by atoms with Crippen molar-refractivity contribution in [3.63, 3.8) is 0 Å². The van der Waals surface area contributed by atoms with Gasteiger partial charge in [0.15, 0.2) is 11.5 Å². The Balaban J connectivity index is 1.99. The minimum absolute atomic E-state index is 0.288. The minimum atomic E-state index is 0.288. The maximum Gasteiger partial charge on any atom is 0.231 e. The van der Waals surface area contributed by atoms with Gasteiger partial charge in [-0.15, -0.1) is 0 Å². The van der Waals surface area contributed by atoms with Gasteiger partial charge in [-0.3, -0.25) is 5.10 Å². The lowest BCUT2D eigenvalue weighted by Crippen LogP contribution is -2.03. The molecule has 0 atom stereocenters. The molecule has 1 aromatic carbocycles. The van der Waals surface area contributed by atoms with E-state index in [4.69, 9.17) is 15.2 Å². The number of H-pyrrole nitrogens is 1. The number of hydrogen-bond acceptors (Lipinski definition) is 4. The van der Waals surface area contributed by atoms with Crippen LogP contribution in [0.15, 0.2) is 18.2 Å². The molecule has 0 bridgehead atoms. The molecule has 0 fully saturated rings. The molecule has 2 heterocycles. The number of nitrogens with zero attached hydrogens (tertiary/aromatic N) is 1. The Hall–Kier alpha value is -2.01. The molecule has 0 saturated heterocycles. The first-order valence-electron chi connectivity index (χ1n) is 5.93. The normalized spacial score (nSPS) is 13.0. The number of nitrogens with two attached hydrogens (primary N) is 1. The first-order valence-corrected chi connectivity index (χ1v) is 5.93. The highest BCUT2D eigenvalue weighted by molar-refractivity contribution is 5.67. The average Bonchev–Trinajstić information content (AvgIpc) is 2.97. The predicted molar refractivity (Wildman–Crippen MR) is 67.6 cm³/mol. The summed E-state index contributed by atoms with van der Waals surface area (Å²) in [4.78, 5) is 0. The smallest absolute Gasteiger partial charge is 0.231 e. The third kappa shape index (κ3) is 1.73. The number of aromatic nitrogens is 2. The molecular formula is C13H15N3O2. The lowest BCUT2D eigenvalue weighted by molar-refractivity contribution is 0.174. The van der Waals surface area contributed by atoms with Gasteiger partial charge < -0.3 is 15.2 Å². The number of fused-ring (bicyclic) bond motifs is 1. The first kappa shape index (κ1) is 11.1. The van der Waals surface area contributed by atoms with Crippen molar-refractivity contribution in [3.8, 4) is 22.8 Å². The second kappa shape index (κ2) is 4.34. The number of hydrogen-bond donors (Lipinski definition) is 2. The monoisotopic (exact) mass is 245 g/mol. The minimum Gasteiger partial charge on any atom is -0.454 e. The Kier molecular flexibility index (Phi) is 2.68. The van der Waals surface area contributed by atoms with Crippen molar-refractivity contribution in [2.24, 2.45) is 5.73 Å². The Morgan fingerprint density at radius 3 is 3.00 bits per heavy atom. The summed E-state index contributed by atoms with van der Waals surface area (Å²) in [6.45, 7) is 2.95. The summed E-state index contributed by atoms with van der Waals surface area (Å²) in [7, 11) is 0. The zero-order chi connectivity index (χ0) is 12.5. The molecular weight excluding hydrogens is 230 g/mol. The molecule has 1 aliphatic heterocycles. The predicted octanol–water partition coefficient (Wildman–Crippen LogP) is 1.62. The SMILES string of the molecule is Cc1c(-c2ccc3c(c2)OCO3)n[nH]c1CCN. The number of rotatable bonds is 3. The molecule has 1 aromatic heterocycles. The van der Waals surface area contributed by atoms with E-state index in [1.807, 2.05) is 18.2 Å². The van der Waals surface area contributed by atoms with Crippen LogP contribution in [0.1, 0.15) is 11.3 Å². The second-order valence-electron chi connectivity index (χ2n) is 4.28. The Bertz CT molecular complexity index is 578. The van der Waals surface area contributed by atoms with Crippen molar-refractivity contribution < 1.29 is 9.47 Å². The van der Waals surface area contributed by atoms with Crippen LogP contribution in [0.5, 0.6) is 11.5 Å². The average molecular weight is 245 g/mol. The van der Waals surface area contributed by atoms with E-state index in [0.717, 1.165) is 40.4 Å². The van der Waals surface area contributed by atoms with E-state index in [-0.39, 0.29) is 6.79 Å². The Morgan fingerprint density at radius 1 is 1.33 bits per heavy atom. The maximum absolute atomic E-state index is 5.57. The summed E-state index contributed by atoms with van der Waals surface area (Å²) >= 11 is 0. The molecule has 3 rings (SSSR count). The number of aromatic amines is 1. The van der Waals surface area contributed by atoms with Gasteiger partial charge in [0.1, 0.15) is 0 Å². The molecule has 94 valence electrons. The summed E-state index contributed by atoms with van der Waals surface area (Å²) in [6, 6.07) is 5.86. The van der Waals surface area contributed by atoms with Crippen LogP contribution in [-0.2, 0) is 6.42 Å². The summed E-state index contributed by atoms with van der Waals surface area (Å²) in [5.74, 6) is 1.56. The number of nitrogens with one attached hydrogen (secondary N) is 1. The highest BCUT2D eigenvalue weighted by Gasteiger charge is 2.16. The molecule has 5 nitrogen and oxygen atoms in total. The lowest BCUT2D eigenvalue weighted by Gasteiger charge is -2.02. The van der Waals surface area contributed by atoms with Crippen LogP contribution in [-0.4, -0.2) is 23.5 Å². The van der Waals surface area contributed by atoms with Gasteiger partial charge in [-0.05, 0) is 37.2 Å². The molecule has 0 unspecified atom stereocenters. The summed E-state index contributed by atoms with van der Waals surface area (Å²) in [5.41, 5.74) is 9.76. The van der Waals surface area contributed by atoms with Crippen molar-refractivity contribution in [1.82, 2.24) is 10.2 Å². The lowest BCUT2D eigenvalue weighted by atomic mass is 10.1. The van der Waals surface area contributed by atoms with E-state index in [9.17, 15) is 0 Å². The fourth-order valence-corrected chi connectivity index (χ4v) is 2.15. The summed E-state index contributed by atoms with van der Waals surface area (Å²) in [6.07, 6.45) is 0.809. The van der Waals surface area contributed by atoms with Crippen LogP contribution in [0, 0.1) is 6.92 Å². The molecule has 18 heavy (non-hydrogen) atoms. The van der Waals surface area contributed by atoms with Crippen LogP contribution in [0.3, 0.4) is 0 Å². The van der Waals surface area contributed by atoms with Crippen LogP contribution in [0.25, 0.3) is 11.3 Å². The van der Waals surface area contributed by atoms with Gasteiger partial charge in [0, 0.05) is 17.7 Å². The largest absolute Gasteiger partial charge is 0.454 e. The van der Waals surface area contributed by atoms with Crippen molar-refractivity contribution >= 4 is 0 Å². The Labute approximate surface area is 105 Å². The van der Waals surface area contributed by atoms with E-state index in [1.165, 1.54) is 0 Å².